The van der Waals surface area contributed by atoms with Crippen LogP contribution in [-0.4, -0.2) is 15.5 Å². The van der Waals surface area contributed by atoms with Gasteiger partial charge in [0.2, 0.25) is 0 Å². The normalized spacial score (nSPS) is 15.7. The minimum absolute atomic E-state index is 0.250. The molecule has 0 aliphatic carbocycles. The first-order chi connectivity index (χ1) is 3.98. The van der Waals surface area contributed by atoms with E-state index in [0.717, 1.165) is 0 Å². The fourth-order valence-corrected chi connectivity index (χ4v) is 1.32. The second-order valence-corrected chi connectivity index (χ2v) is 3.86. The summed E-state index contributed by atoms with van der Waals surface area (Å²) in [5, 5.41) is -0.639. The molecule has 0 fully saturated rings. The van der Waals surface area contributed by atoms with Gasteiger partial charge >= 0.3 is 4.83 Å². The SMILES string of the molecule is FC(F)(Br)[C@H](Cl)CCBr. The Labute approximate surface area is 74.2 Å². The van der Waals surface area contributed by atoms with Crippen LogP contribution in [0.1, 0.15) is 6.42 Å². The lowest BCUT2D eigenvalue weighted by Gasteiger charge is -2.12. The van der Waals surface area contributed by atoms with Crippen molar-refractivity contribution in [2.75, 3.05) is 5.33 Å². The molecule has 5 heteroatoms. The topological polar surface area (TPSA) is 0 Å². The molecule has 0 rings (SSSR count). The van der Waals surface area contributed by atoms with Crippen LogP contribution in [-0.2, 0) is 0 Å². The molecule has 0 saturated heterocycles. The Balaban J connectivity index is 3.59. The fourth-order valence-electron chi connectivity index (χ4n) is 0.259. The molecule has 0 N–H and O–H groups in total. The predicted octanol–water partition coefficient (Wildman–Crippen LogP) is 3.37. The zero-order valence-electron chi connectivity index (χ0n) is 4.38. The molecule has 9 heavy (non-hydrogen) atoms. The summed E-state index contributed by atoms with van der Waals surface area (Å²) in [5.74, 6) is 0. The van der Waals surface area contributed by atoms with Gasteiger partial charge < -0.3 is 0 Å². The monoisotopic (exact) mass is 284 g/mol. The van der Waals surface area contributed by atoms with Crippen LogP contribution in [0.4, 0.5) is 8.78 Å². The van der Waals surface area contributed by atoms with Crippen molar-refractivity contribution in [1.82, 2.24) is 0 Å². The summed E-state index contributed by atoms with van der Waals surface area (Å²) in [6, 6.07) is 0. The molecule has 0 spiro atoms. The van der Waals surface area contributed by atoms with Crippen LogP contribution in [0.15, 0.2) is 0 Å². The molecule has 0 aliphatic heterocycles. The number of hydrogen-bond acceptors (Lipinski definition) is 0. The van der Waals surface area contributed by atoms with Gasteiger partial charge in [-0.05, 0) is 22.4 Å². The third-order valence-corrected chi connectivity index (χ3v) is 2.48. The van der Waals surface area contributed by atoms with E-state index >= 15 is 0 Å². The van der Waals surface area contributed by atoms with E-state index in [-0.39, 0.29) is 6.42 Å². The molecule has 0 aromatic carbocycles. The Morgan fingerprint density at radius 2 is 2.00 bits per heavy atom. The van der Waals surface area contributed by atoms with Crippen molar-refractivity contribution in [3.63, 3.8) is 0 Å². The number of rotatable bonds is 3. The van der Waals surface area contributed by atoms with Crippen LogP contribution in [0.3, 0.4) is 0 Å². The average molecular weight is 286 g/mol. The van der Waals surface area contributed by atoms with E-state index in [1.54, 1.807) is 0 Å². The fraction of sp³-hybridized carbons (Fsp3) is 1.00. The van der Waals surface area contributed by atoms with Crippen molar-refractivity contribution in [3.8, 4) is 0 Å². The largest absolute Gasteiger partial charge is 0.317 e. The third kappa shape index (κ3) is 4.51. The smallest absolute Gasteiger partial charge is 0.192 e. The second kappa shape index (κ2) is 4.09. The summed E-state index contributed by atoms with van der Waals surface area (Å²) in [5.41, 5.74) is 0. The average Bonchev–Trinajstić information content (AvgIpc) is 1.64. The minimum atomic E-state index is -2.94. The molecule has 0 nitrogen and oxygen atoms in total. The molecule has 0 unspecified atom stereocenters. The molecule has 1 atom stereocenters. The van der Waals surface area contributed by atoms with Gasteiger partial charge in [0, 0.05) is 5.33 Å². The maximum absolute atomic E-state index is 12.1. The van der Waals surface area contributed by atoms with E-state index in [0.29, 0.717) is 5.33 Å². The summed E-state index contributed by atoms with van der Waals surface area (Å²) in [4.78, 5) is -2.94. The van der Waals surface area contributed by atoms with Gasteiger partial charge in [-0.1, -0.05) is 15.9 Å². The van der Waals surface area contributed by atoms with Gasteiger partial charge in [-0.2, -0.15) is 8.78 Å². The standard InChI is InChI=1S/C4H5Br2ClF2/c5-2-1-3(7)4(6,8)9/h3H,1-2H2/t3-/m1/s1. The zero-order valence-corrected chi connectivity index (χ0v) is 8.31. The lowest BCUT2D eigenvalue weighted by atomic mass is 10.3. The van der Waals surface area contributed by atoms with Crippen LogP contribution >= 0.6 is 43.5 Å². The van der Waals surface area contributed by atoms with Crippen molar-refractivity contribution < 1.29 is 8.78 Å². The first kappa shape index (κ1) is 10.1. The highest BCUT2D eigenvalue weighted by Crippen LogP contribution is 2.32. The first-order valence-electron chi connectivity index (χ1n) is 2.25. The van der Waals surface area contributed by atoms with Crippen molar-refractivity contribution in [2.45, 2.75) is 16.6 Å². The highest BCUT2D eigenvalue weighted by molar-refractivity contribution is 9.10. The van der Waals surface area contributed by atoms with Crippen molar-refractivity contribution in [2.24, 2.45) is 0 Å². The molecule has 56 valence electrons. The third-order valence-electron chi connectivity index (χ3n) is 0.718. The molecule has 0 aliphatic rings. The lowest BCUT2D eigenvalue weighted by Crippen LogP contribution is -2.21. The van der Waals surface area contributed by atoms with E-state index in [1.165, 1.54) is 0 Å². The van der Waals surface area contributed by atoms with Gasteiger partial charge in [-0.3, -0.25) is 0 Å². The summed E-state index contributed by atoms with van der Waals surface area (Å²) in [6.07, 6.45) is 0.250. The summed E-state index contributed by atoms with van der Waals surface area (Å²) in [6.45, 7) is 0. The highest BCUT2D eigenvalue weighted by atomic mass is 79.9. The molecule has 0 bridgehead atoms. The molecule has 0 saturated carbocycles. The predicted molar refractivity (Wildman–Crippen MR) is 41.9 cm³/mol. The van der Waals surface area contributed by atoms with Gasteiger partial charge in [0.1, 0.15) is 5.38 Å². The van der Waals surface area contributed by atoms with Crippen molar-refractivity contribution in [1.29, 1.82) is 0 Å². The quantitative estimate of drug-likeness (QED) is 0.698. The van der Waals surface area contributed by atoms with Crippen LogP contribution in [0, 0.1) is 0 Å². The highest BCUT2D eigenvalue weighted by Gasteiger charge is 2.33. The van der Waals surface area contributed by atoms with Gasteiger partial charge in [0.25, 0.3) is 0 Å². The van der Waals surface area contributed by atoms with Crippen LogP contribution < -0.4 is 0 Å². The van der Waals surface area contributed by atoms with E-state index in [2.05, 4.69) is 31.9 Å². The Bertz CT molecular complexity index is 83.1. The van der Waals surface area contributed by atoms with E-state index in [9.17, 15) is 8.78 Å². The summed E-state index contributed by atoms with van der Waals surface area (Å²) in [7, 11) is 0. The summed E-state index contributed by atoms with van der Waals surface area (Å²) >= 11 is 10.4. The van der Waals surface area contributed by atoms with Gasteiger partial charge in [0.15, 0.2) is 0 Å². The Kier molecular flexibility index (Phi) is 4.59. The van der Waals surface area contributed by atoms with Crippen LogP contribution in [0.5, 0.6) is 0 Å². The number of alkyl halides is 5. The van der Waals surface area contributed by atoms with Gasteiger partial charge in [0.05, 0.1) is 0 Å². The van der Waals surface area contributed by atoms with Gasteiger partial charge in [-0.25, -0.2) is 0 Å². The Morgan fingerprint density at radius 1 is 1.56 bits per heavy atom. The van der Waals surface area contributed by atoms with Gasteiger partial charge in [-0.15, -0.1) is 11.6 Å². The molecule has 0 heterocycles. The second-order valence-electron chi connectivity index (χ2n) is 1.49. The van der Waals surface area contributed by atoms with Crippen LogP contribution in [0.2, 0.25) is 0 Å². The number of hydrogen-bond donors (Lipinski definition) is 0. The Morgan fingerprint density at radius 3 is 2.11 bits per heavy atom. The molecule has 0 amide bonds. The maximum atomic E-state index is 12.1. The molecular formula is C4H5Br2ClF2. The first-order valence-corrected chi connectivity index (χ1v) is 4.60. The van der Waals surface area contributed by atoms with Crippen molar-refractivity contribution in [3.05, 3.63) is 0 Å². The lowest BCUT2D eigenvalue weighted by molar-refractivity contribution is 0.108. The minimum Gasteiger partial charge on any atom is -0.192 e. The Hall–Kier alpha value is 1.11. The maximum Gasteiger partial charge on any atom is 0.317 e. The molecule has 0 radical (unpaired) electrons. The zero-order chi connectivity index (χ0) is 7.49. The molecule has 0 aromatic rings. The van der Waals surface area contributed by atoms with Crippen molar-refractivity contribution >= 4 is 43.5 Å². The van der Waals surface area contributed by atoms with Crippen LogP contribution in [0.25, 0.3) is 0 Å². The van der Waals surface area contributed by atoms with E-state index < -0.39 is 10.2 Å². The summed E-state index contributed by atoms with van der Waals surface area (Å²) < 4.78 is 24.1. The number of halogens is 5. The van der Waals surface area contributed by atoms with E-state index in [4.69, 9.17) is 11.6 Å². The molecular weight excluding hydrogens is 281 g/mol. The molecule has 0 aromatic heterocycles. The van der Waals surface area contributed by atoms with E-state index in [1.807, 2.05) is 0 Å².